The highest BCUT2D eigenvalue weighted by Gasteiger charge is 2.30. The van der Waals surface area contributed by atoms with Gasteiger partial charge >= 0.3 is 0 Å². The molecule has 2 aliphatic rings. The van der Waals surface area contributed by atoms with Crippen molar-refractivity contribution in [1.82, 2.24) is 20.0 Å². The number of hydrogen-bond donors (Lipinski definition) is 1. The lowest BCUT2D eigenvalue weighted by Gasteiger charge is -2.37. The van der Waals surface area contributed by atoms with Crippen LogP contribution >= 0.6 is 24.0 Å². The fraction of sp³-hybridized carbons (Fsp3) is 0.900. The van der Waals surface area contributed by atoms with Crippen molar-refractivity contribution in [2.45, 2.75) is 51.0 Å². The lowest BCUT2D eigenvalue weighted by molar-refractivity contribution is -0.142. The molecule has 2 rings (SSSR count). The van der Waals surface area contributed by atoms with E-state index < -0.39 is 0 Å². The zero-order valence-corrected chi connectivity index (χ0v) is 20.3. The van der Waals surface area contributed by atoms with Crippen molar-refractivity contribution >= 4 is 35.8 Å². The van der Waals surface area contributed by atoms with E-state index in [1.54, 1.807) is 0 Å². The molecule has 28 heavy (non-hydrogen) atoms. The first-order chi connectivity index (χ1) is 13.1. The Balaban J connectivity index is 0.00000392. The molecule has 0 aliphatic carbocycles. The van der Waals surface area contributed by atoms with Crippen molar-refractivity contribution in [2.75, 3.05) is 67.0 Å². The number of ether oxygens (including phenoxy) is 1. The lowest BCUT2D eigenvalue weighted by Crippen LogP contribution is -2.55. The van der Waals surface area contributed by atoms with Gasteiger partial charge in [0, 0.05) is 46.4 Å². The van der Waals surface area contributed by atoms with Gasteiger partial charge in [0.05, 0.1) is 0 Å². The minimum Gasteiger partial charge on any atom is -0.368 e. The molecule has 8 heteroatoms. The van der Waals surface area contributed by atoms with Crippen LogP contribution in [0.25, 0.3) is 0 Å². The summed E-state index contributed by atoms with van der Waals surface area (Å²) >= 11 is 0. The molecule has 2 fully saturated rings. The molecule has 0 aromatic rings. The summed E-state index contributed by atoms with van der Waals surface area (Å²) < 4.78 is 5.53. The maximum Gasteiger partial charge on any atom is 0.251 e. The lowest BCUT2D eigenvalue weighted by atomic mass is 10.1. The van der Waals surface area contributed by atoms with E-state index in [-0.39, 0.29) is 36.0 Å². The number of nitrogens with zero attached hydrogens (tertiary/aromatic N) is 4. The van der Waals surface area contributed by atoms with Crippen molar-refractivity contribution in [2.24, 2.45) is 4.99 Å². The number of unbranched alkanes of at least 4 members (excludes halogenated alkanes) is 4. The van der Waals surface area contributed by atoms with Crippen LogP contribution in [0.4, 0.5) is 0 Å². The number of rotatable bonds is 9. The molecule has 1 N–H and O–H groups in total. The molecule has 0 bridgehead atoms. The molecule has 1 unspecified atom stereocenters. The maximum absolute atomic E-state index is 12.4. The average molecular weight is 509 g/mol. The summed E-state index contributed by atoms with van der Waals surface area (Å²) in [7, 11) is 6.11. The standard InChI is InChI=1S/C20H39N5O2.HI/c1-21-20(22-11-7-5-4-6-8-12-23(2)3)25-15-13-24(14-16-25)19(26)18-10-9-17-27-18;/h18H,4-17H2,1-3H3,(H,21,22);1H. The predicted molar refractivity (Wildman–Crippen MR) is 126 cm³/mol. The number of hydrogen-bond acceptors (Lipinski definition) is 4. The van der Waals surface area contributed by atoms with Gasteiger partial charge in [-0.25, -0.2) is 0 Å². The summed E-state index contributed by atoms with van der Waals surface area (Å²) in [5, 5.41) is 3.49. The second-order valence-corrected chi connectivity index (χ2v) is 7.86. The molecule has 0 aromatic carbocycles. The summed E-state index contributed by atoms with van der Waals surface area (Å²) in [5.74, 6) is 1.14. The van der Waals surface area contributed by atoms with Crippen LogP contribution < -0.4 is 5.32 Å². The molecule has 2 saturated heterocycles. The van der Waals surface area contributed by atoms with Crippen molar-refractivity contribution in [3.63, 3.8) is 0 Å². The van der Waals surface area contributed by atoms with E-state index in [0.29, 0.717) is 0 Å². The summed E-state index contributed by atoms with van der Waals surface area (Å²) in [6.45, 7) is 6.06. The molecule has 0 radical (unpaired) electrons. The van der Waals surface area contributed by atoms with E-state index in [0.717, 1.165) is 58.1 Å². The highest BCUT2D eigenvalue weighted by molar-refractivity contribution is 14.0. The minimum atomic E-state index is -0.202. The third-order valence-electron chi connectivity index (χ3n) is 5.37. The Hall–Kier alpha value is -0.610. The average Bonchev–Trinajstić information content (AvgIpc) is 3.21. The second kappa shape index (κ2) is 14.4. The van der Waals surface area contributed by atoms with Gasteiger partial charge < -0.3 is 24.8 Å². The number of aliphatic imine (C=N–C) groups is 1. The molecule has 2 heterocycles. The first-order valence-corrected chi connectivity index (χ1v) is 10.6. The van der Waals surface area contributed by atoms with Gasteiger partial charge in [-0.05, 0) is 46.3 Å². The first-order valence-electron chi connectivity index (χ1n) is 10.6. The Bertz CT molecular complexity index is 462. The third kappa shape index (κ3) is 8.82. The molecule has 164 valence electrons. The Morgan fingerprint density at radius 1 is 1.07 bits per heavy atom. The van der Waals surface area contributed by atoms with Crippen LogP contribution in [0.3, 0.4) is 0 Å². The fourth-order valence-electron chi connectivity index (χ4n) is 3.73. The summed E-state index contributed by atoms with van der Waals surface area (Å²) in [5.41, 5.74) is 0. The van der Waals surface area contributed by atoms with Gasteiger partial charge in [0.2, 0.25) is 0 Å². The van der Waals surface area contributed by atoms with Crippen LogP contribution in [0.1, 0.15) is 44.9 Å². The molecule has 2 aliphatic heterocycles. The number of carbonyl (C=O) groups is 1. The minimum absolute atomic E-state index is 0. The highest BCUT2D eigenvalue weighted by atomic mass is 127. The molecule has 0 spiro atoms. The predicted octanol–water partition coefficient (Wildman–Crippen LogP) is 2.02. The molecule has 7 nitrogen and oxygen atoms in total. The topological polar surface area (TPSA) is 60.4 Å². The van der Waals surface area contributed by atoms with E-state index in [2.05, 4.69) is 34.2 Å². The Labute approximate surface area is 188 Å². The van der Waals surface area contributed by atoms with E-state index in [1.165, 1.54) is 38.6 Å². The van der Waals surface area contributed by atoms with E-state index in [1.807, 2.05) is 11.9 Å². The number of guanidine groups is 1. The van der Waals surface area contributed by atoms with Gasteiger partial charge in [-0.3, -0.25) is 9.79 Å². The number of carbonyl (C=O) groups excluding carboxylic acids is 1. The van der Waals surface area contributed by atoms with Gasteiger partial charge in [-0.15, -0.1) is 24.0 Å². The number of amides is 1. The van der Waals surface area contributed by atoms with Crippen molar-refractivity contribution in [3.8, 4) is 0 Å². The smallest absolute Gasteiger partial charge is 0.251 e. The molecular formula is C20H40IN5O2. The van der Waals surface area contributed by atoms with Crippen LogP contribution in [0.15, 0.2) is 4.99 Å². The number of halogens is 1. The van der Waals surface area contributed by atoms with Crippen LogP contribution in [-0.4, -0.2) is 99.7 Å². The zero-order chi connectivity index (χ0) is 19.5. The SMILES string of the molecule is CN=C(NCCCCCCCN(C)C)N1CCN(C(=O)C2CCCO2)CC1.I. The van der Waals surface area contributed by atoms with Crippen molar-refractivity contribution in [3.05, 3.63) is 0 Å². The molecule has 1 atom stereocenters. The van der Waals surface area contributed by atoms with Gasteiger partial charge in [0.1, 0.15) is 6.10 Å². The summed E-state index contributed by atoms with van der Waals surface area (Å²) in [6, 6.07) is 0. The Morgan fingerprint density at radius 2 is 1.71 bits per heavy atom. The van der Waals surface area contributed by atoms with E-state index in [9.17, 15) is 4.79 Å². The van der Waals surface area contributed by atoms with Crippen LogP contribution in [0.5, 0.6) is 0 Å². The second-order valence-electron chi connectivity index (χ2n) is 7.86. The first kappa shape index (κ1) is 25.4. The van der Waals surface area contributed by atoms with Crippen molar-refractivity contribution < 1.29 is 9.53 Å². The number of piperazine rings is 1. The molecule has 0 saturated carbocycles. The fourth-order valence-corrected chi connectivity index (χ4v) is 3.73. The monoisotopic (exact) mass is 509 g/mol. The van der Waals surface area contributed by atoms with E-state index >= 15 is 0 Å². The molecular weight excluding hydrogens is 469 g/mol. The Morgan fingerprint density at radius 3 is 2.32 bits per heavy atom. The maximum atomic E-state index is 12.4. The highest BCUT2D eigenvalue weighted by Crippen LogP contribution is 2.16. The normalized spacial score (nSPS) is 20.4. The quantitative estimate of drug-likeness (QED) is 0.223. The van der Waals surface area contributed by atoms with Gasteiger partial charge in [-0.1, -0.05) is 19.3 Å². The van der Waals surface area contributed by atoms with Gasteiger partial charge in [0.25, 0.3) is 5.91 Å². The van der Waals surface area contributed by atoms with E-state index in [4.69, 9.17) is 4.74 Å². The van der Waals surface area contributed by atoms with Crippen molar-refractivity contribution in [1.29, 1.82) is 0 Å². The van der Waals surface area contributed by atoms with Gasteiger partial charge in [-0.2, -0.15) is 0 Å². The Kier molecular flexibility index (Phi) is 13.1. The van der Waals surface area contributed by atoms with Crippen LogP contribution in [0.2, 0.25) is 0 Å². The van der Waals surface area contributed by atoms with Crippen LogP contribution in [0, 0.1) is 0 Å². The van der Waals surface area contributed by atoms with Crippen LogP contribution in [-0.2, 0) is 9.53 Å². The third-order valence-corrected chi connectivity index (χ3v) is 5.37. The largest absolute Gasteiger partial charge is 0.368 e. The number of nitrogens with one attached hydrogen (secondary N) is 1. The molecule has 0 aromatic heterocycles. The summed E-state index contributed by atoms with van der Waals surface area (Å²) in [6.07, 6.45) is 8.02. The molecule has 1 amide bonds. The zero-order valence-electron chi connectivity index (χ0n) is 18.0. The van der Waals surface area contributed by atoms with Gasteiger partial charge in [0.15, 0.2) is 5.96 Å². The summed E-state index contributed by atoms with van der Waals surface area (Å²) in [4.78, 5) is 23.3.